The van der Waals surface area contributed by atoms with Crippen LogP contribution in [0.25, 0.3) is 0 Å². The third-order valence-corrected chi connectivity index (χ3v) is 2.42. The molecule has 1 fully saturated rings. The molecule has 0 aromatic rings. The van der Waals surface area contributed by atoms with Gasteiger partial charge in [0, 0.05) is 38.3 Å². The Balaban J connectivity index is 2.07. The second-order valence-corrected chi connectivity index (χ2v) is 3.18. The van der Waals surface area contributed by atoms with E-state index in [1.165, 1.54) is 5.49 Å². The minimum atomic E-state index is 1.08. The van der Waals surface area contributed by atoms with E-state index in [-0.39, 0.29) is 0 Å². The molecule has 0 aliphatic carbocycles. The number of hydrogen-bond donors (Lipinski definition) is 2. The Kier molecular flexibility index (Phi) is 4.04. The maximum absolute atomic E-state index is 4.62. The van der Waals surface area contributed by atoms with Gasteiger partial charge in [-0.25, -0.2) is 4.31 Å². The highest BCUT2D eigenvalue weighted by atomic mass is 32.2. The van der Waals surface area contributed by atoms with Crippen LogP contribution in [0.2, 0.25) is 0 Å². The molecule has 3 nitrogen and oxygen atoms in total. The average Bonchev–Trinajstić information content (AvgIpc) is 2.03. The lowest BCUT2D eigenvalue weighted by Crippen LogP contribution is -2.40. The van der Waals surface area contributed by atoms with Crippen LogP contribution in [0.1, 0.15) is 0 Å². The van der Waals surface area contributed by atoms with Crippen LogP contribution in [-0.2, 0) is 0 Å². The van der Waals surface area contributed by atoms with Crippen molar-refractivity contribution in [3.05, 3.63) is 0 Å². The molecule has 1 heterocycles. The lowest BCUT2D eigenvalue weighted by atomic mass is 10.4. The van der Waals surface area contributed by atoms with E-state index in [2.05, 4.69) is 26.6 Å². The second-order valence-electron chi connectivity index (χ2n) is 2.01. The first kappa shape index (κ1) is 8.26. The zero-order chi connectivity index (χ0) is 7.23. The quantitative estimate of drug-likeness (QED) is 0.467. The first-order valence-electron chi connectivity index (χ1n) is 3.25. The van der Waals surface area contributed by atoms with Gasteiger partial charge in [-0.1, -0.05) is 12.2 Å². The predicted molar refractivity (Wildman–Crippen MR) is 48.8 cm³/mol. The molecule has 0 bridgehead atoms. The van der Waals surface area contributed by atoms with Gasteiger partial charge in [-0.05, 0) is 0 Å². The highest BCUT2D eigenvalue weighted by molar-refractivity contribution is 7.96. The van der Waals surface area contributed by atoms with Crippen LogP contribution in [-0.4, -0.2) is 36.0 Å². The summed E-state index contributed by atoms with van der Waals surface area (Å²) >= 11 is 6.20. The molecule has 0 spiro atoms. The highest BCUT2D eigenvalue weighted by Crippen LogP contribution is 2.03. The van der Waals surface area contributed by atoms with Crippen LogP contribution >= 0.6 is 24.4 Å². The van der Waals surface area contributed by atoms with E-state index in [1.807, 2.05) is 0 Å². The molecular formula is C5H11N3S2. The first-order valence-corrected chi connectivity index (χ1v) is 4.50. The maximum Gasteiger partial charge on any atom is 0.0723 e. The van der Waals surface area contributed by atoms with E-state index in [9.17, 15) is 0 Å². The molecule has 0 radical (unpaired) electrons. The molecular weight excluding hydrogens is 166 g/mol. The second kappa shape index (κ2) is 4.90. The van der Waals surface area contributed by atoms with Gasteiger partial charge in [0.15, 0.2) is 0 Å². The molecule has 1 aliphatic heterocycles. The van der Waals surface area contributed by atoms with Gasteiger partial charge in [-0.15, -0.1) is 0 Å². The number of rotatable bonds is 3. The maximum atomic E-state index is 4.62. The highest BCUT2D eigenvalue weighted by Gasteiger charge is 2.08. The minimum Gasteiger partial charge on any atom is -0.314 e. The lowest BCUT2D eigenvalue weighted by molar-refractivity contribution is 0.396. The molecule has 1 rings (SSSR count). The van der Waals surface area contributed by atoms with Crippen LogP contribution in [0.5, 0.6) is 0 Å². The minimum absolute atomic E-state index is 1.08. The largest absolute Gasteiger partial charge is 0.314 e. The number of nitrogens with one attached hydrogen (secondary N) is 2. The van der Waals surface area contributed by atoms with Crippen LogP contribution in [0.15, 0.2) is 0 Å². The fourth-order valence-electron chi connectivity index (χ4n) is 0.832. The van der Waals surface area contributed by atoms with Crippen LogP contribution in [0.4, 0.5) is 0 Å². The van der Waals surface area contributed by atoms with Gasteiger partial charge in [0.1, 0.15) is 0 Å². The summed E-state index contributed by atoms with van der Waals surface area (Å²) in [6.07, 6.45) is 0. The van der Waals surface area contributed by atoms with Crippen molar-refractivity contribution in [2.24, 2.45) is 0 Å². The molecule has 0 aromatic carbocycles. The van der Waals surface area contributed by atoms with Crippen molar-refractivity contribution in [3.8, 4) is 0 Å². The van der Waals surface area contributed by atoms with Crippen molar-refractivity contribution in [2.75, 3.05) is 26.2 Å². The normalized spacial score (nSPS) is 20.4. The first-order chi connectivity index (χ1) is 4.93. The summed E-state index contributed by atoms with van der Waals surface area (Å²) in [6, 6.07) is 0. The Morgan fingerprint density at radius 2 is 2.20 bits per heavy atom. The smallest absolute Gasteiger partial charge is 0.0723 e. The van der Waals surface area contributed by atoms with Crippen LogP contribution in [0, 0.1) is 0 Å². The fraction of sp³-hybridized carbons (Fsp3) is 0.800. The summed E-state index contributed by atoms with van der Waals surface area (Å²) in [5.41, 5.74) is 1.53. The van der Waals surface area contributed by atoms with Crippen molar-refractivity contribution >= 4 is 29.8 Å². The zero-order valence-corrected chi connectivity index (χ0v) is 7.30. The molecule has 0 unspecified atom stereocenters. The van der Waals surface area contributed by atoms with E-state index in [1.54, 1.807) is 12.1 Å². The number of nitrogens with zero attached hydrogens (tertiary/aromatic N) is 1. The van der Waals surface area contributed by atoms with E-state index in [0.29, 0.717) is 0 Å². The van der Waals surface area contributed by atoms with Gasteiger partial charge < -0.3 is 10.0 Å². The molecule has 10 heavy (non-hydrogen) atoms. The summed E-state index contributed by atoms with van der Waals surface area (Å²) < 4.78 is 5.17. The molecule has 0 saturated carbocycles. The summed E-state index contributed by atoms with van der Waals surface area (Å²) in [4.78, 5) is 0. The Hall–Kier alpha value is 0.160. The summed E-state index contributed by atoms with van der Waals surface area (Å²) in [6.45, 7) is 4.32. The Morgan fingerprint density at radius 3 is 2.80 bits per heavy atom. The fourth-order valence-corrected chi connectivity index (χ4v) is 1.52. The van der Waals surface area contributed by atoms with E-state index in [0.717, 1.165) is 26.2 Å². The molecule has 1 saturated heterocycles. The third-order valence-electron chi connectivity index (χ3n) is 1.31. The number of hydrogen-bond acceptors (Lipinski definition) is 4. The van der Waals surface area contributed by atoms with Gasteiger partial charge in [0.2, 0.25) is 0 Å². The SMILES string of the molecule is S=CNSN1CCNCC1. The topological polar surface area (TPSA) is 27.3 Å². The third kappa shape index (κ3) is 2.83. The molecule has 58 valence electrons. The predicted octanol–water partition coefficient (Wildman–Crippen LogP) is 0.00160. The van der Waals surface area contributed by atoms with Crippen LogP contribution < -0.4 is 10.0 Å². The van der Waals surface area contributed by atoms with Crippen molar-refractivity contribution in [3.63, 3.8) is 0 Å². The van der Waals surface area contributed by atoms with Gasteiger partial charge in [0.05, 0.1) is 5.49 Å². The summed E-state index contributed by atoms with van der Waals surface area (Å²) in [5.74, 6) is 0. The average molecular weight is 177 g/mol. The van der Waals surface area contributed by atoms with Gasteiger partial charge >= 0.3 is 0 Å². The molecule has 1 aliphatic rings. The van der Waals surface area contributed by atoms with Gasteiger partial charge in [-0.3, -0.25) is 0 Å². The van der Waals surface area contributed by atoms with E-state index in [4.69, 9.17) is 0 Å². The summed E-state index contributed by atoms with van der Waals surface area (Å²) in [5, 5.41) is 3.27. The molecule has 0 amide bonds. The Bertz CT molecular complexity index is 103. The number of thiocarbonyl (C=S) groups is 1. The van der Waals surface area contributed by atoms with Crippen LogP contribution in [0.3, 0.4) is 0 Å². The Labute approximate surface area is 70.8 Å². The molecule has 0 atom stereocenters. The van der Waals surface area contributed by atoms with Crippen molar-refractivity contribution in [1.29, 1.82) is 0 Å². The van der Waals surface area contributed by atoms with Crippen molar-refractivity contribution < 1.29 is 0 Å². The van der Waals surface area contributed by atoms with Crippen molar-refractivity contribution in [2.45, 2.75) is 0 Å². The number of piperazine rings is 1. The molecule has 0 aromatic heterocycles. The van der Waals surface area contributed by atoms with E-state index >= 15 is 0 Å². The molecule has 2 N–H and O–H groups in total. The van der Waals surface area contributed by atoms with Gasteiger partial charge in [0.25, 0.3) is 0 Å². The molecule has 5 heteroatoms. The van der Waals surface area contributed by atoms with E-state index < -0.39 is 0 Å². The zero-order valence-electron chi connectivity index (χ0n) is 5.67. The monoisotopic (exact) mass is 177 g/mol. The lowest BCUT2D eigenvalue weighted by Gasteiger charge is -2.24. The standard InChI is InChI=1S/C5H11N3S2/c9-5-7-10-8-3-1-6-2-4-8/h5-6H,1-4H2,(H,7,9). The van der Waals surface area contributed by atoms with Gasteiger partial charge in [-0.2, -0.15) is 0 Å². The summed E-state index contributed by atoms with van der Waals surface area (Å²) in [7, 11) is 0. The van der Waals surface area contributed by atoms with Crippen molar-refractivity contribution in [1.82, 2.24) is 14.3 Å². The Morgan fingerprint density at radius 1 is 1.50 bits per heavy atom.